The molecule has 0 saturated carbocycles. The largest absolute Gasteiger partial charge is 0.490 e. The second-order valence-electron chi connectivity index (χ2n) is 8.23. The van der Waals surface area contributed by atoms with Gasteiger partial charge in [-0.1, -0.05) is 24.3 Å². The average molecular weight is 467 g/mol. The molecule has 0 unspecified atom stereocenters. The van der Waals surface area contributed by atoms with E-state index < -0.39 is 18.4 Å². The Balaban J connectivity index is 1.69. The molecule has 0 spiro atoms. The number of methoxy groups -OCH3 is 1. The molecule has 0 bridgehead atoms. The summed E-state index contributed by atoms with van der Waals surface area (Å²) in [6.45, 7) is 1.18. The lowest BCUT2D eigenvalue weighted by molar-refractivity contribution is -0.0588. The summed E-state index contributed by atoms with van der Waals surface area (Å²) in [7, 11) is 1.69. The third kappa shape index (κ3) is 4.97. The number of rotatable bonds is 8. The van der Waals surface area contributed by atoms with Crippen LogP contribution in [0.25, 0.3) is 21.9 Å². The minimum Gasteiger partial charge on any atom is -0.490 e. The molecule has 0 aliphatic carbocycles. The van der Waals surface area contributed by atoms with Crippen molar-refractivity contribution in [3.8, 4) is 16.9 Å². The number of aromatic carboxylic acids is 1. The van der Waals surface area contributed by atoms with Gasteiger partial charge in [-0.05, 0) is 58.3 Å². The lowest BCUT2D eigenvalue weighted by atomic mass is 9.89. The number of hydrogen-bond donors (Lipinski definition) is 2. The van der Waals surface area contributed by atoms with Crippen LogP contribution in [-0.2, 0) is 16.1 Å². The molecule has 6 nitrogen and oxygen atoms in total. The summed E-state index contributed by atoms with van der Waals surface area (Å²) in [6, 6.07) is 12.7. The number of fused-ring (bicyclic) bond motifs is 1. The van der Waals surface area contributed by atoms with E-state index in [1.807, 2.05) is 18.2 Å². The molecule has 178 valence electrons. The SMILES string of the molecule is COC1(C=CCOc2ccc3cc(CO)c(C(=O)O)c(-c4ccc(F)cc4)c3c2)CCOCC1. The Morgan fingerprint density at radius 3 is 2.53 bits per heavy atom. The number of aliphatic hydroxyl groups excluding tert-OH is 1. The van der Waals surface area contributed by atoms with Crippen molar-refractivity contribution in [2.75, 3.05) is 26.9 Å². The van der Waals surface area contributed by atoms with Crippen molar-refractivity contribution >= 4 is 16.7 Å². The highest BCUT2D eigenvalue weighted by Gasteiger charge is 2.29. The van der Waals surface area contributed by atoms with Crippen LogP contribution in [0.1, 0.15) is 28.8 Å². The molecule has 3 aromatic rings. The summed E-state index contributed by atoms with van der Waals surface area (Å²) < 4.78 is 30.6. The Hall–Kier alpha value is -3.26. The molecule has 0 amide bonds. The van der Waals surface area contributed by atoms with E-state index in [0.29, 0.717) is 42.1 Å². The Morgan fingerprint density at radius 1 is 1.15 bits per heavy atom. The second-order valence-corrected chi connectivity index (χ2v) is 8.23. The van der Waals surface area contributed by atoms with Gasteiger partial charge in [-0.15, -0.1) is 0 Å². The van der Waals surface area contributed by atoms with Gasteiger partial charge in [-0.2, -0.15) is 0 Å². The molecule has 7 heteroatoms. The molecule has 1 heterocycles. The van der Waals surface area contributed by atoms with Crippen LogP contribution in [0.4, 0.5) is 4.39 Å². The smallest absolute Gasteiger partial charge is 0.336 e. The summed E-state index contributed by atoms with van der Waals surface area (Å²) in [5.41, 5.74) is 0.878. The molecule has 0 atom stereocenters. The molecule has 34 heavy (non-hydrogen) atoms. The van der Waals surface area contributed by atoms with Crippen molar-refractivity contribution in [2.45, 2.75) is 25.0 Å². The minimum atomic E-state index is -1.17. The van der Waals surface area contributed by atoms with E-state index in [1.54, 1.807) is 25.3 Å². The molecule has 1 aliphatic rings. The van der Waals surface area contributed by atoms with Crippen LogP contribution in [-0.4, -0.2) is 48.7 Å². The first-order valence-corrected chi connectivity index (χ1v) is 11.1. The normalized spacial score (nSPS) is 15.6. The van der Waals surface area contributed by atoms with Crippen molar-refractivity contribution in [2.24, 2.45) is 0 Å². The predicted octanol–water partition coefficient (Wildman–Crippen LogP) is 4.97. The molecular formula is C27H27FO6. The lowest BCUT2D eigenvalue weighted by Crippen LogP contribution is -2.36. The van der Waals surface area contributed by atoms with Crippen LogP contribution in [0.2, 0.25) is 0 Å². The fourth-order valence-electron chi connectivity index (χ4n) is 4.37. The Morgan fingerprint density at radius 2 is 1.88 bits per heavy atom. The number of carboxylic acid groups (broad SMARTS) is 1. The maximum Gasteiger partial charge on any atom is 0.336 e. The summed E-state index contributed by atoms with van der Waals surface area (Å²) in [4.78, 5) is 12.1. The maximum atomic E-state index is 13.5. The molecule has 1 fully saturated rings. The molecule has 3 aromatic carbocycles. The quantitative estimate of drug-likeness (QED) is 0.456. The average Bonchev–Trinajstić information content (AvgIpc) is 2.86. The van der Waals surface area contributed by atoms with E-state index in [9.17, 15) is 19.4 Å². The van der Waals surface area contributed by atoms with E-state index in [1.165, 1.54) is 24.3 Å². The van der Waals surface area contributed by atoms with Crippen LogP contribution < -0.4 is 4.74 Å². The first-order chi connectivity index (χ1) is 16.5. The van der Waals surface area contributed by atoms with Gasteiger partial charge in [0.25, 0.3) is 0 Å². The van der Waals surface area contributed by atoms with E-state index in [0.717, 1.165) is 18.2 Å². The highest BCUT2D eigenvalue weighted by molar-refractivity contribution is 6.09. The zero-order valence-electron chi connectivity index (χ0n) is 18.9. The fourth-order valence-corrected chi connectivity index (χ4v) is 4.37. The Bertz CT molecular complexity index is 1200. The van der Waals surface area contributed by atoms with Crippen molar-refractivity contribution in [3.05, 3.63) is 77.6 Å². The molecule has 0 aromatic heterocycles. The number of carboxylic acids is 1. The Labute approximate surface area is 197 Å². The van der Waals surface area contributed by atoms with Gasteiger partial charge >= 0.3 is 5.97 Å². The van der Waals surface area contributed by atoms with Gasteiger partial charge in [0, 0.05) is 38.7 Å². The topological polar surface area (TPSA) is 85.2 Å². The second kappa shape index (κ2) is 10.3. The number of carbonyl (C=O) groups is 1. The maximum absolute atomic E-state index is 13.5. The molecular weight excluding hydrogens is 439 g/mol. The molecule has 2 N–H and O–H groups in total. The van der Waals surface area contributed by atoms with Gasteiger partial charge in [-0.3, -0.25) is 0 Å². The number of benzene rings is 3. The standard InChI is InChI=1S/C27H27FO6/c1-32-27(10-13-33-14-11-27)9-2-12-34-22-8-5-19-15-20(17-29)25(26(30)31)24(23(19)16-22)18-3-6-21(28)7-4-18/h2-9,15-16,29H,10-14,17H2,1H3,(H,30,31). The van der Waals surface area contributed by atoms with E-state index in [-0.39, 0.29) is 16.7 Å². The van der Waals surface area contributed by atoms with Crippen molar-refractivity contribution in [3.63, 3.8) is 0 Å². The lowest BCUT2D eigenvalue weighted by Gasteiger charge is -2.33. The molecule has 0 radical (unpaired) electrons. The van der Waals surface area contributed by atoms with Gasteiger partial charge in [0.1, 0.15) is 18.2 Å². The van der Waals surface area contributed by atoms with Crippen molar-refractivity contribution in [1.82, 2.24) is 0 Å². The molecule has 4 rings (SSSR count). The van der Waals surface area contributed by atoms with Crippen LogP contribution in [0, 0.1) is 5.82 Å². The zero-order chi connectivity index (χ0) is 24.1. The van der Waals surface area contributed by atoms with Gasteiger partial charge in [-0.25, -0.2) is 9.18 Å². The number of aliphatic hydroxyl groups is 1. The van der Waals surface area contributed by atoms with Crippen LogP contribution in [0.15, 0.2) is 60.7 Å². The van der Waals surface area contributed by atoms with Crippen molar-refractivity contribution < 1.29 is 33.6 Å². The minimum absolute atomic E-state index is 0.0137. The molecule has 1 saturated heterocycles. The van der Waals surface area contributed by atoms with Gasteiger partial charge in [0.05, 0.1) is 17.8 Å². The fraction of sp³-hybridized carbons (Fsp3) is 0.296. The van der Waals surface area contributed by atoms with Gasteiger partial charge in [0.15, 0.2) is 0 Å². The summed E-state index contributed by atoms with van der Waals surface area (Å²) in [5, 5.41) is 21.1. The van der Waals surface area contributed by atoms with Crippen LogP contribution in [0.5, 0.6) is 5.75 Å². The number of hydrogen-bond acceptors (Lipinski definition) is 5. The molecule has 1 aliphatic heterocycles. The number of halogens is 1. The summed E-state index contributed by atoms with van der Waals surface area (Å²) in [6.07, 6.45) is 5.48. The summed E-state index contributed by atoms with van der Waals surface area (Å²) in [5.74, 6) is -1.02. The highest BCUT2D eigenvalue weighted by Crippen LogP contribution is 2.37. The Kier molecular flexibility index (Phi) is 7.26. The third-order valence-corrected chi connectivity index (χ3v) is 6.23. The van der Waals surface area contributed by atoms with Crippen LogP contribution in [0.3, 0.4) is 0 Å². The van der Waals surface area contributed by atoms with Crippen molar-refractivity contribution in [1.29, 1.82) is 0 Å². The monoisotopic (exact) mass is 466 g/mol. The number of ether oxygens (including phenoxy) is 3. The first kappa shape index (κ1) is 23.9. The van der Waals surface area contributed by atoms with E-state index in [2.05, 4.69) is 0 Å². The summed E-state index contributed by atoms with van der Waals surface area (Å²) >= 11 is 0. The van der Waals surface area contributed by atoms with Gasteiger partial charge < -0.3 is 24.4 Å². The first-order valence-electron chi connectivity index (χ1n) is 11.1. The zero-order valence-corrected chi connectivity index (χ0v) is 18.9. The van der Waals surface area contributed by atoms with E-state index >= 15 is 0 Å². The predicted molar refractivity (Wildman–Crippen MR) is 127 cm³/mol. The third-order valence-electron chi connectivity index (χ3n) is 6.23. The van der Waals surface area contributed by atoms with Crippen LogP contribution >= 0.6 is 0 Å². The van der Waals surface area contributed by atoms with E-state index in [4.69, 9.17) is 14.2 Å². The van der Waals surface area contributed by atoms with Gasteiger partial charge in [0.2, 0.25) is 0 Å². The highest BCUT2D eigenvalue weighted by atomic mass is 19.1.